The van der Waals surface area contributed by atoms with Crippen LogP contribution in [0.5, 0.6) is 0 Å². The van der Waals surface area contributed by atoms with Gasteiger partial charge in [-0.05, 0) is 92.3 Å². The van der Waals surface area contributed by atoms with Crippen molar-refractivity contribution < 1.29 is 19.7 Å². The molecule has 2 N–H and O–H groups in total. The summed E-state index contributed by atoms with van der Waals surface area (Å²) in [4.78, 5) is 13.9. The summed E-state index contributed by atoms with van der Waals surface area (Å²) < 4.78 is 6.66. The van der Waals surface area contributed by atoms with Gasteiger partial charge in [0, 0.05) is 24.4 Å². The second-order valence-corrected chi connectivity index (χ2v) is 12.7. The third-order valence-corrected chi connectivity index (χ3v) is 11.3. The van der Waals surface area contributed by atoms with Crippen LogP contribution in [0.2, 0.25) is 0 Å². The van der Waals surface area contributed by atoms with Crippen molar-refractivity contribution in [1.82, 2.24) is 0 Å². The van der Waals surface area contributed by atoms with E-state index in [2.05, 4.69) is 27.7 Å². The Labute approximate surface area is 188 Å². The van der Waals surface area contributed by atoms with Crippen molar-refractivity contribution in [2.24, 2.45) is 52.3 Å². The van der Waals surface area contributed by atoms with E-state index in [0.717, 1.165) is 44.9 Å². The van der Waals surface area contributed by atoms with Crippen molar-refractivity contribution in [2.45, 2.75) is 104 Å². The molecule has 1 saturated heterocycles. The molecule has 1 heterocycles. The van der Waals surface area contributed by atoms with E-state index in [9.17, 15) is 15.0 Å². The summed E-state index contributed by atoms with van der Waals surface area (Å²) in [7, 11) is 0. The van der Waals surface area contributed by atoms with Crippen LogP contribution in [-0.2, 0) is 9.53 Å². The minimum atomic E-state index is -0.222. The molecule has 0 aromatic rings. The molecule has 0 amide bonds. The van der Waals surface area contributed by atoms with Gasteiger partial charge in [-0.2, -0.15) is 0 Å². The third-order valence-electron chi connectivity index (χ3n) is 11.3. The molecule has 0 aromatic heterocycles. The van der Waals surface area contributed by atoms with Crippen LogP contribution >= 0.6 is 0 Å². The zero-order valence-electron chi connectivity index (χ0n) is 20.1. The normalized spacial score (nSPS) is 54.6. The molecule has 0 aromatic carbocycles. The molecule has 0 radical (unpaired) electrons. The van der Waals surface area contributed by atoms with Crippen molar-refractivity contribution in [3.63, 3.8) is 0 Å². The number of Topliss-reactive ketones (excluding diaryl/α,β-unsaturated/α-hetero) is 1. The van der Waals surface area contributed by atoms with E-state index in [4.69, 9.17) is 4.74 Å². The first-order valence-corrected chi connectivity index (χ1v) is 13.2. The lowest BCUT2D eigenvalue weighted by Gasteiger charge is -2.60. The van der Waals surface area contributed by atoms with Gasteiger partial charge in [0.15, 0.2) is 0 Å². The molecular formula is C27H44O4. The zero-order chi connectivity index (χ0) is 22.1. The lowest BCUT2D eigenvalue weighted by atomic mass is 9.44. The number of rotatable bonds is 4. The highest BCUT2D eigenvalue weighted by atomic mass is 16.5. The maximum Gasteiger partial charge on any atom is 0.139 e. The van der Waals surface area contributed by atoms with Crippen molar-refractivity contribution in [1.29, 1.82) is 0 Å². The quantitative estimate of drug-likeness (QED) is 0.681. The highest BCUT2D eigenvalue weighted by Crippen LogP contribution is 2.69. The first kappa shape index (κ1) is 22.3. The maximum atomic E-state index is 13.9. The summed E-state index contributed by atoms with van der Waals surface area (Å²) in [5.74, 6) is 3.82. The predicted octanol–water partition coefficient (Wildman–Crippen LogP) is 4.61. The van der Waals surface area contributed by atoms with Gasteiger partial charge >= 0.3 is 0 Å². The summed E-state index contributed by atoms with van der Waals surface area (Å²) in [5.41, 5.74) is 0.00620. The monoisotopic (exact) mass is 432 g/mol. The van der Waals surface area contributed by atoms with Gasteiger partial charge in [0.05, 0.1) is 18.3 Å². The van der Waals surface area contributed by atoms with E-state index in [-0.39, 0.29) is 35.7 Å². The lowest BCUT2D eigenvalue weighted by Crippen LogP contribution is -2.57. The van der Waals surface area contributed by atoms with Crippen LogP contribution in [0.15, 0.2) is 0 Å². The Hall–Kier alpha value is -0.450. The SMILES string of the molecule is CC1C(CC[C@@H](C)CO)OC2CC3C4CCC5CC(O)CCC5(C)C4CC(=O)C3(C)C21. The Morgan fingerprint density at radius 2 is 1.94 bits per heavy atom. The second kappa shape index (κ2) is 7.81. The van der Waals surface area contributed by atoms with Crippen LogP contribution in [0.4, 0.5) is 0 Å². The fourth-order valence-electron chi connectivity index (χ4n) is 9.47. The van der Waals surface area contributed by atoms with Crippen molar-refractivity contribution in [3.05, 3.63) is 0 Å². The van der Waals surface area contributed by atoms with Crippen molar-refractivity contribution in [2.75, 3.05) is 6.61 Å². The molecular weight excluding hydrogens is 388 g/mol. The van der Waals surface area contributed by atoms with Gasteiger partial charge in [-0.3, -0.25) is 4.79 Å². The molecule has 31 heavy (non-hydrogen) atoms. The van der Waals surface area contributed by atoms with Gasteiger partial charge in [0.1, 0.15) is 5.78 Å². The Morgan fingerprint density at radius 3 is 2.68 bits per heavy atom. The number of aliphatic hydroxyl groups is 2. The molecule has 176 valence electrons. The predicted molar refractivity (Wildman–Crippen MR) is 120 cm³/mol. The summed E-state index contributed by atoms with van der Waals surface area (Å²) >= 11 is 0. The largest absolute Gasteiger partial charge is 0.396 e. The van der Waals surface area contributed by atoms with E-state index in [1.54, 1.807) is 0 Å². The van der Waals surface area contributed by atoms with Gasteiger partial charge in [-0.15, -0.1) is 0 Å². The van der Waals surface area contributed by atoms with E-state index in [1.165, 1.54) is 12.8 Å². The molecule has 5 aliphatic rings. The lowest BCUT2D eigenvalue weighted by molar-refractivity contribution is -0.160. The molecule has 5 rings (SSSR count). The van der Waals surface area contributed by atoms with E-state index >= 15 is 0 Å². The number of fused-ring (bicyclic) bond motifs is 7. The second-order valence-electron chi connectivity index (χ2n) is 12.7. The number of hydrogen-bond donors (Lipinski definition) is 2. The van der Waals surface area contributed by atoms with Gasteiger partial charge in [0.25, 0.3) is 0 Å². The first-order valence-electron chi connectivity index (χ1n) is 13.2. The number of ketones is 1. The Kier molecular flexibility index (Phi) is 5.63. The number of carbonyl (C=O) groups excluding carboxylic acids is 1. The highest BCUT2D eigenvalue weighted by molar-refractivity contribution is 5.87. The Balaban J connectivity index is 1.37. The van der Waals surface area contributed by atoms with Crippen LogP contribution in [0.25, 0.3) is 0 Å². The van der Waals surface area contributed by atoms with Crippen LogP contribution in [0, 0.1) is 52.3 Å². The van der Waals surface area contributed by atoms with Crippen LogP contribution in [-0.4, -0.2) is 40.9 Å². The number of ether oxygens (including phenoxy) is 1. The minimum absolute atomic E-state index is 0.134. The van der Waals surface area contributed by atoms with Crippen molar-refractivity contribution in [3.8, 4) is 0 Å². The third kappa shape index (κ3) is 3.21. The van der Waals surface area contributed by atoms with Gasteiger partial charge in [0.2, 0.25) is 0 Å². The van der Waals surface area contributed by atoms with Crippen LogP contribution in [0.1, 0.15) is 85.5 Å². The molecule has 0 bridgehead atoms. The van der Waals surface area contributed by atoms with E-state index < -0.39 is 0 Å². The fourth-order valence-corrected chi connectivity index (χ4v) is 9.47. The maximum absolute atomic E-state index is 13.9. The standard InChI is InChI=1S/C27H44O4/c1-15(14-28)5-8-22-16(2)25-23(31-22)12-21-19-7-6-17-11-18(29)9-10-26(17,3)20(19)13-24(30)27(21,25)4/h15-23,25,28-29H,5-14H2,1-4H3/t15-,16?,17?,18?,19?,20?,21?,22?,23?,25?,26?,27?/m1/s1. The van der Waals surface area contributed by atoms with Crippen molar-refractivity contribution >= 4 is 5.78 Å². The van der Waals surface area contributed by atoms with Crippen LogP contribution < -0.4 is 0 Å². The summed E-state index contributed by atoms with van der Waals surface area (Å²) in [6.45, 7) is 9.42. The smallest absolute Gasteiger partial charge is 0.139 e. The average Bonchev–Trinajstić information content (AvgIpc) is 3.22. The van der Waals surface area contributed by atoms with Crippen LogP contribution in [0.3, 0.4) is 0 Å². The number of hydrogen-bond acceptors (Lipinski definition) is 4. The molecule has 4 aliphatic carbocycles. The number of carbonyl (C=O) groups is 1. The topological polar surface area (TPSA) is 66.8 Å². The first-order chi connectivity index (χ1) is 14.7. The minimum Gasteiger partial charge on any atom is -0.396 e. The molecule has 4 nitrogen and oxygen atoms in total. The summed E-state index contributed by atoms with van der Waals surface area (Å²) in [5, 5.41) is 19.7. The fraction of sp³-hybridized carbons (Fsp3) is 0.963. The molecule has 1 aliphatic heterocycles. The molecule has 4 saturated carbocycles. The summed E-state index contributed by atoms with van der Waals surface area (Å²) in [6.07, 6.45) is 9.54. The highest BCUT2D eigenvalue weighted by Gasteiger charge is 2.68. The van der Waals surface area contributed by atoms with Gasteiger partial charge < -0.3 is 14.9 Å². The summed E-state index contributed by atoms with van der Waals surface area (Å²) in [6, 6.07) is 0. The number of aliphatic hydroxyl groups excluding tert-OH is 2. The van der Waals surface area contributed by atoms with Gasteiger partial charge in [-0.1, -0.05) is 27.7 Å². The molecule has 5 fully saturated rings. The zero-order valence-corrected chi connectivity index (χ0v) is 20.1. The molecule has 12 atom stereocenters. The van der Waals surface area contributed by atoms with Gasteiger partial charge in [-0.25, -0.2) is 0 Å². The molecule has 11 unspecified atom stereocenters. The Bertz CT molecular complexity index is 707. The average molecular weight is 433 g/mol. The Morgan fingerprint density at radius 1 is 1.16 bits per heavy atom. The van der Waals surface area contributed by atoms with E-state index in [0.29, 0.717) is 47.2 Å². The van der Waals surface area contributed by atoms with E-state index in [1.807, 2.05) is 0 Å². The molecule has 4 heteroatoms. The molecule has 0 spiro atoms.